The molecule has 2 rings (SSSR count). The minimum Gasteiger partial charge on any atom is -0.477 e. The number of alkyl halides is 2. The van der Waals surface area contributed by atoms with E-state index < -0.39 is 5.92 Å². The first-order chi connectivity index (χ1) is 9.75. The molecule has 0 atom stereocenters. The first-order valence-electron chi connectivity index (χ1n) is 7.70. The van der Waals surface area contributed by atoms with Gasteiger partial charge in [-0.3, -0.25) is 0 Å². The first kappa shape index (κ1) is 16.2. The first-order valence-corrected chi connectivity index (χ1v) is 7.70. The van der Waals surface area contributed by atoms with E-state index in [1.165, 1.54) is 0 Å². The average Bonchev–Trinajstić information content (AvgIpc) is 2.37. The third kappa shape index (κ3) is 5.25. The topological polar surface area (TPSA) is 22.1 Å². The van der Waals surface area contributed by atoms with Crippen LogP contribution in [0.1, 0.15) is 52.0 Å². The quantitative estimate of drug-likeness (QED) is 0.790. The fourth-order valence-electron chi connectivity index (χ4n) is 2.72. The number of ether oxygens (including phenoxy) is 1. The Labute approximate surface area is 125 Å². The second-order valence-electron chi connectivity index (χ2n) is 7.32. The fourth-order valence-corrected chi connectivity index (χ4v) is 2.72. The van der Waals surface area contributed by atoms with Gasteiger partial charge in [0.2, 0.25) is 11.8 Å². The Hall–Kier alpha value is -1.19. The highest BCUT2D eigenvalue weighted by Gasteiger charge is 2.35. The number of nitrogens with zero attached hydrogens (tertiary/aromatic N) is 1. The zero-order valence-electron chi connectivity index (χ0n) is 13.2. The van der Waals surface area contributed by atoms with Gasteiger partial charge in [0.05, 0.1) is 6.61 Å². The van der Waals surface area contributed by atoms with Crippen LogP contribution in [0.25, 0.3) is 0 Å². The summed E-state index contributed by atoms with van der Waals surface area (Å²) in [7, 11) is 0. The van der Waals surface area contributed by atoms with E-state index in [0.717, 1.165) is 12.0 Å². The van der Waals surface area contributed by atoms with Crippen LogP contribution in [0.5, 0.6) is 5.88 Å². The Bertz CT molecular complexity index is 458. The maximum Gasteiger partial charge on any atom is 0.248 e. The minimum absolute atomic E-state index is 0.0158. The van der Waals surface area contributed by atoms with Gasteiger partial charge in [0, 0.05) is 24.6 Å². The van der Waals surface area contributed by atoms with Crippen molar-refractivity contribution in [2.24, 2.45) is 11.3 Å². The smallest absolute Gasteiger partial charge is 0.248 e. The molecule has 0 saturated heterocycles. The molecule has 1 saturated carbocycles. The summed E-state index contributed by atoms with van der Waals surface area (Å²) in [6.07, 6.45) is 3.65. The molecule has 0 bridgehead atoms. The summed E-state index contributed by atoms with van der Waals surface area (Å²) < 4.78 is 32.1. The number of hydrogen-bond acceptors (Lipinski definition) is 2. The summed E-state index contributed by atoms with van der Waals surface area (Å²) in [4.78, 5) is 4.31. The summed E-state index contributed by atoms with van der Waals surface area (Å²) >= 11 is 0. The molecule has 0 N–H and O–H groups in total. The normalized spacial score (nSPS) is 19.5. The van der Waals surface area contributed by atoms with Gasteiger partial charge in [-0.05, 0) is 36.7 Å². The van der Waals surface area contributed by atoms with Crippen LogP contribution in [0.3, 0.4) is 0 Å². The third-order valence-electron chi connectivity index (χ3n) is 3.86. The van der Waals surface area contributed by atoms with Gasteiger partial charge in [0.25, 0.3) is 0 Å². The molecule has 0 aliphatic heterocycles. The summed E-state index contributed by atoms with van der Waals surface area (Å²) in [6, 6.07) is 3.94. The molecular formula is C17H25F2NO. The Morgan fingerprint density at radius 2 is 1.95 bits per heavy atom. The van der Waals surface area contributed by atoms with Crippen LogP contribution in [0.2, 0.25) is 0 Å². The van der Waals surface area contributed by atoms with Gasteiger partial charge in [-0.15, -0.1) is 0 Å². The predicted octanol–water partition coefficient (Wildman–Crippen LogP) is 4.87. The van der Waals surface area contributed by atoms with E-state index in [0.29, 0.717) is 25.3 Å². The molecule has 1 aliphatic rings. The number of hydrogen-bond donors (Lipinski definition) is 0. The van der Waals surface area contributed by atoms with Crippen molar-refractivity contribution in [2.45, 2.75) is 58.8 Å². The maximum absolute atomic E-state index is 13.1. The van der Waals surface area contributed by atoms with E-state index in [1.807, 2.05) is 12.1 Å². The van der Waals surface area contributed by atoms with E-state index in [-0.39, 0.29) is 24.2 Å². The average molecular weight is 297 g/mol. The summed E-state index contributed by atoms with van der Waals surface area (Å²) in [5.41, 5.74) is 1.25. The molecule has 0 amide bonds. The summed E-state index contributed by atoms with van der Waals surface area (Å²) in [6.45, 7) is 7.01. The van der Waals surface area contributed by atoms with E-state index in [9.17, 15) is 8.78 Å². The molecule has 1 aromatic heterocycles. The lowest BCUT2D eigenvalue weighted by Crippen LogP contribution is -2.27. The molecule has 1 aromatic rings. The Kier molecular flexibility index (Phi) is 4.84. The van der Waals surface area contributed by atoms with Crippen molar-refractivity contribution in [3.05, 3.63) is 23.9 Å². The van der Waals surface area contributed by atoms with E-state index >= 15 is 0 Å². The number of aromatic nitrogens is 1. The van der Waals surface area contributed by atoms with Crippen LogP contribution in [-0.4, -0.2) is 17.5 Å². The van der Waals surface area contributed by atoms with E-state index in [4.69, 9.17) is 4.74 Å². The van der Waals surface area contributed by atoms with Crippen LogP contribution in [0.15, 0.2) is 18.3 Å². The lowest BCUT2D eigenvalue weighted by molar-refractivity contribution is -0.0500. The highest BCUT2D eigenvalue weighted by molar-refractivity contribution is 5.26. The van der Waals surface area contributed by atoms with Gasteiger partial charge >= 0.3 is 0 Å². The lowest BCUT2D eigenvalue weighted by atomic mass is 9.87. The SMILES string of the molecule is CC(C)(C)Cc1cccnc1OCC1CCC(F)(F)CC1. The van der Waals surface area contributed by atoms with Crippen molar-refractivity contribution in [3.63, 3.8) is 0 Å². The van der Waals surface area contributed by atoms with Crippen molar-refractivity contribution in [2.75, 3.05) is 6.61 Å². The van der Waals surface area contributed by atoms with Gasteiger partial charge < -0.3 is 4.74 Å². The zero-order chi connectivity index (χ0) is 15.5. The van der Waals surface area contributed by atoms with Crippen LogP contribution < -0.4 is 4.74 Å². The monoisotopic (exact) mass is 297 g/mol. The Morgan fingerprint density at radius 3 is 2.57 bits per heavy atom. The summed E-state index contributed by atoms with van der Waals surface area (Å²) in [5.74, 6) is -1.60. The number of halogens is 2. The standard InChI is InChI=1S/C17H25F2NO/c1-16(2,3)11-14-5-4-10-20-15(14)21-12-13-6-8-17(18,19)9-7-13/h4-5,10,13H,6-9,11-12H2,1-3H3. The highest BCUT2D eigenvalue weighted by Crippen LogP contribution is 2.36. The lowest BCUT2D eigenvalue weighted by Gasteiger charge is -2.28. The van der Waals surface area contributed by atoms with Crippen LogP contribution in [0.4, 0.5) is 8.78 Å². The zero-order valence-corrected chi connectivity index (χ0v) is 13.2. The van der Waals surface area contributed by atoms with Gasteiger partial charge in [-0.25, -0.2) is 13.8 Å². The molecule has 21 heavy (non-hydrogen) atoms. The molecule has 0 aromatic carbocycles. The molecule has 4 heteroatoms. The second-order valence-corrected chi connectivity index (χ2v) is 7.32. The molecule has 2 nitrogen and oxygen atoms in total. The molecule has 1 fully saturated rings. The fraction of sp³-hybridized carbons (Fsp3) is 0.706. The molecule has 0 radical (unpaired) electrons. The van der Waals surface area contributed by atoms with E-state index in [2.05, 4.69) is 25.8 Å². The molecule has 118 valence electrons. The second kappa shape index (κ2) is 6.29. The predicted molar refractivity (Wildman–Crippen MR) is 79.8 cm³/mol. The molecular weight excluding hydrogens is 272 g/mol. The largest absolute Gasteiger partial charge is 0.477 e. The van der Waals surface area contributed by atoms with Crippen molar-refractivity contribution in [1.82, 2.24) is 4.98 Å². The van der Waals surface area contributed by atoms with Crippen molar-refractivity contribution in [1.29, 1.82) is 0 Å². The molecule has 1 heterocycles. The van der Waals surface area contributed by atoms with E-state index in [1.54, 1.807) is 6.20 Å². The van der Waals surface area contributed by atoms with Gasteiger partial charge in [-0.2, -0.15) is 0 Å². The van der Waals surface area contributed by atoms with Crippen molar-refractivity contribution in [3.8, 4) is 5.88 Å². The maximum atomic E-state index is 13.1. The minimum atomic E-state index is -2.47. The number of pyridine rings is 1. The van der Waals surface area contributed by atoms with Crippen LogP contribution in [0, 0.1) is 11.3 Å². The van der Waals surface area contributed by atoms with Crippen LogP contribution >= 0.6 is 0 Å². The third-order valence-corrected chi connectivity index (χ3v) is 3.86. The molecule has 1 aliphatic carbocycles. The van der Waals surface area contributed by atoms with Gasteiger partial charge in [-0.1, -0.05) is 26.8 Å². The molecule has 0 unspecified atom stereocenters. The van der Waals surface area contributed by atoms with Gasteiger partial charge in [0.15, 0.2) is 0 Å². The molecule has 0 spiro atoms. The Morgan fingerprint density at radius 1 is 1.29 bits per heavy atom. The van der Waals surface area contributed by atoms with Crippen LogP contribution in [-0.2, 0) is 6.42 Å². The summed E-state index contributed by atoms with van der Waals surface area (Å²) in [5, 5.41) is 0. The Balaban J connectivity index is 1.92. The highest BCUT2D eigenvalue weighted by atomic mass is 19.3. The van der Waals surface area contributed by atoms with Crippen molar-refractivity contribution < 1.29 is 13.5 Å². The number of rotatable bonds is 4. The van der Waals surface area contributed by atoms with Crippen molar-refractivity contribution >= 4 is 0 Å². The van der Waals surface area contributed by atoms with Gasteiger partial charge in [0.1, 0.15) is 0 Å².